The molecule has 0 aromatic carbocycles. The molecule has 0 aliphatic heterocycles. The van der Waals surface area contributed by atoms with Gasteiger partial charge in [-0.1, -0.05) is 96.8 Å². The summed E-state index contributed by atoms with van der Waals surface area (Å²) in [6.07, 6.45) is 22.7. The Kier molecular flexibility index (Phi) is 17.8. The molecule has 0 aliphatic carbocycles. The summed E-state index contributed by atoms with van der Waals surface area (Å²) in [4.78, 5) is 0. The Morgan fingerprint density at radius 3 is 1.00 bits per heavy atom. The normalized spacial score (nSPS) is 11.0. The first-order valence-corrected chi connectivity index (χ1v) is 9.16. The molecule has 0 aliphatic rings. The van der Waals surface area contributed by atoms with Crippen molar-refractivity contribution >= 4 is 9.24 Å². The standard InChI is InChI=1S/C17H35P/c1-2-3-4-5-6-7-8-9-10-11-12-13-14-15-16-17-18/h2-17H2,1H3. The minimum Gasteiger partial charge on any atom is -0.0654 e. The Balaban J connectivity index is 2.86. The van der Waals surface area contributed by atoms with Crippen molar-refractivity contribution in [2.75, 3.05) is 6.16 Å². The summed E-state index contributed by atoms with van der Waals surface area (Å²) in [6.45, 7) is 2.29. The fraction of sp³-hybridized carbons (Fsp3) is 1.00. The maximum Gasteiger partial charge on any atom is -0.0242 e. The van der Waals surface area contributed by atoms with Crippen LogP contribution in [0.25, 0.3) is 0 Å². The van der Waals surface area contributed by atoms with Crippen LogP contribution in [0, 0.1) is 0 Å². The van der Waals surface area contributed by atoms with Gasteiger partial charge in [0, 0.05) is 0 Å². The van der Waals surface area contributed by atoms with Crippen LogP contribution >= 0.6 is 9.24 Å². The highest BCUT2D eigenvalue weighted by molar-refractivity contribution is 7.16. The van der Waals surface area contributed by atoms with Crippen molar-refractivity contribution in [1.29, 1.82) is 0 Å². The lowest BCUT2D eigenvalue weighted by Crippen LogP contribution is -1.83. The predicted octanol–water partition coefficient (Wildman–Crippen LogP) is 7.27. The van der Waals surface area contributed by atoms with Gasteiger partial charge in [0.05, 0.1) is 0 Å². The van der Waals surface area contributed by atoms with Crippen molar-refractivity contribution in [3.05, 3.63) is 0 Å². The number of hydrogen-bond donors (Lipinski definition) is 0. The van der Waals surface area contributed by atoms with Crippen molar-refractivity contribution in [3.63, 3.8) is 0 Å². The Hall–Kier alpha value is 0.430. The molecule has 0 nitrogen and oxygen atoms in total. The van der Waals surface area contributed by atoms with Gasteiger partial charge in [-0.15, -0.1) is 0 Å². The number of rotatable bonds is 15. The van der Waals surface area contributed by atoms with E-state index in [4.69, 9.17) is 0 Å². The number of hydrogen-bond acceptors (Lipinski definition) is 0. The molecule has 18 heavy (non-hydrogen) atoms. The van der Waals surface area contributed by atoms with E-state index in [0.29, 0.717) is 0 Å². The van der Waals surface area contributed by atoms with Crippen molar-refractivity contribution in [2.45, 2.75) is 103 Å². The van der Waals surface area contributed by atoms with Gasteiger partial charge < -0.3 is 0 Å². The third kappa shape index (κ3) is 16.4. The zero-order chi connectivity index (χ0) is 13.3. The molecule has 0 N–H and O–H groups in total. The molecule has 0 aromatic rings. The zero-order valence-corrected chi connectivity index (χ0v) is 13.7. The molecule has 0 rings (SSSR count). The van der Waals surface area contributed by atoms with E-state index in [9.17, 15) is 0 Å². The molecular weight excluding hydrogens is 235 g/mol. The Morgan fingerprint density at radius 2 is 0.722 bits per heavy atom. The highest BCUT2D eigenvalue weighted by Gasteiger charge is 1.93. The average molecular weight is 270 g/mol. The molecule has 0 atom stereocenters. The van der Waals surface area contributed by atoms with Crippen LogP contribution in [0.4, 0.5) is 0 Å². The molecule has 108 valence electrons. The summed E-state index contributed by atoms with van der Waals surface area (Å²) in [5.41, 5.74) is 0. The molecule has 0 spiro atoms. The van der Waals surface area contributed by atoms with Crippen molar-refractivity contribution in [3.8, 4) is 0 Å². The van der Waals surface area contributed by atoms with Crippen LogP contribution in [0.2, 0.25) is 0 Å². The molecule has 0 heterocycles. The molecule has 0 bridgehead atoms. The smallest absolute Gasteiger partial charge is 0.0242 e. The van der Waals surface area contributed by atoms with Crippen LogP contribution < -0.4 is 0 Å². The fourth-order valence-corrected chi connectivity index (χ4v) is 2.71. The van der Waals surface area contributed by atoms with Crippen LogP contribution in [0.1, 0.15) is 103 Å². The second-order valence-corrected chi connectivity index (χ2v) is 6.12. The second kappa shape index (κ2) is 17.4. The molecular formula is C17H35P. The van der Waals surface area contributed by atoms with E-state index in [1.54, 1.807) is 0 Å². The van der Waals surface area contributed by atoms with Crippen LogP contribution in [-0.4, -0.2) is 6.16 Å². The zero-order valence-electron chi connectivity index (χ0n) is 12.8. The van der Waals surface area contributed by atoms with Gasteiger partial charge in [-0.2, -0.15) is 0 Å². The van der Waals surface area contributed by atoms with E-state index in [2.05, 4.69) is 16.2 Å². The molecule has 2 radical (unpaired) electrons. The topological polar surface area (TPSA) is 0 Å². The van der Waals surface area contributed by atoms with Gasteiger partial charge in [0.15, 0.2) is 0 Å². The van der Waals surface area contributed by atoms with E-state index < -0.39 is 0 Å². The van der Waals surface area contributed by atoms with Gasteiger partial charge in [0.1, 0.15) is 0 Å². The maximum absolute atomic E-state index is 4.24. The lowest BCUT2D eigenvalue weighted by Gasteiger charge is -2.02. The summed E-state index contributed by atoms with van der Waals surface area (Å²) in [6, 6.07) is 0. The monoisotopic (exact) mass is 270 g/mol. The van der Waals surface area contributed by atoms with Gasteiger partial charge in [-0.25, -0.2) is 0 Å². The largest absolute Gasteiger partial charge is 0.0654 e. The molecule has 1 heteroatoms. The molecule has 0 fully saturated rings. The first-order chi connectivity index (χ1) is 8.91. The molecule has 0 saturated heterocycles. The first kappa shape index (κ1) is 18.4. The second-order valence-electron chi connectivity index (χ2n) is 5.67. The quantitative estimate of drug-likeness (QED) is 0.217. The summed E-state index contributed by atoms with van der Waals surface area (Å²) < 4.78 is 0. The van der Waals surface area contributed by atoms with E-state index in [0.717, 1.165) is 6.16 Å². The van der Waals surface area contributed by atoms with Gasteiger partial charge >= 0.3 is 0 Å². The van der Waals surface area contributed by atoms with Gasteiger partial charge in [-0.05, 0) is 21.8 Å². The van der Waals surface area contributed by atoms with Crippen molar-refractivity contribution in [1.82, 2.24) is 0 Å². The van der Waals surface area contributed by atoms with E-state index in [1.165, 1.54) is 96.3 Å². The lowest BCUT2D eigenvalue weighted by atomic mass is 10.0. The lowest BCUT2D eigenvalue weighted by molar-refractivity contribution is 0.535. The Bertz CT molecular complexity index is 118. The highest BCUT2D eigenvalue weighted by Crippen LogP contribution is 2.13. The van der Waals surface area contributed by atoms with Crippen LogP contribution in [0.5, 0.6) is 0 Å². The first-order valence-electron chi connectivity index (χ1n) is 8.52. The Labute approximate surface area is 119 Å². The SMILES string of the molecule is CCCCCCCCCCCCCCCCC[P]. The molecule has 0 aromatic heterocycles. The van der Waals surface area contributed by atoms with Crippen molar-refractivity contribution < 1.29 is 0 Å². The third-order valence-corrected chi connectivity index (χ3v) is 4.08. The highest BCUT2D eigenvalue weighted by atomic mass is 31.0. The van der Waals surface area contributed by atoms with Gasteiger partial charge in [0.25, 0.3) is 0 Å². The summed E-state index contributed by atoms with van der Waals surface area (Å²) >= 11 is 0. The summed E-state index contributed by atoms with van der Waals surface area (Å²) in [5.74, 6) is 0. The summed E-state index contributed by atoms with van der Waals surface area (Å²) in [7, 11) is 4.24. The minimum absolute atomic E-state index is 1.07. The fourth-order valence-electron chi connectivity index (χ4n) is 2.48. The average Bonchev–Trinajstić information content (AvgIpc) is 2.39. The van der Waals surface area contributed by atoms with Gasteiger partial charge in [-0.3, -0.25) is 0 Å². The number of unbranched alkanes of at least 4 members (excludes halogenated alkanes) is 14. The minimum atomic E-state index is 1.07. The molecule has 0 unspecified atom stereocenters. The molecule has 0 amide bonds. The van der Waals surface area contributed by atoms with Crippen LogP contribution in [0.3, 0.4) is 0 Å². The predicted molar refractivity (Wildman–Crippen MR) is 86.7 cm³/mol. The Morgan fingerprint density at radius 1 is 0.444 bits per heavy atom. The van der Waals surface area contributed by atoms with E-state index >= 15 is 0 Å². The summed E-state index contributed by atoms with van der Waals surface area (Å²) in [5, 5.41) is 0. The van der Waals surface area contributed by atoms with E-state index in [1.807, 2.05) is 0 Å². The van der Waals surface area contributed by atoms with Crippen LogP contribution in [-0.2, 0) is 0 Å². The third-order valence-electron chi connectivity index (χ3n) is 3.76. The maximum atomic E-state index is 4.24. The molecule has 0 saturated carbocycles. The van der Waals surface area contributed by atoms with Gasteiger partial charge in [0.2, 0.25) is 0 Å². The van der Waals surface area contributed by atoms with Crippen LogP contribution in [0.15, 0.2) is 0 Å². The van der Waals surface area contributed by atoms with E-state index in [-0.39, 0.29) is 0 Å². The van der Waals surface area contributed by atoms with Crippen molar-refractivity contribution in [2.24, 2.45) is 0 Å².